The molecule has 1 N–H and O–H groups in total. The van der Waals surface area contributed by atoms with E-state index in [-0.39, 0.29) is 30.4 Å². The zero-order valence-corrected chi connectivity index (χ0v) is 14.4. The fourth-order valence-corrected chi connectivity index (χ4v) is 2.83. The van der Waals surface area contributed by atoms with E-state index in [1.165, 1.54) is 0 Å². The Kier molecular flexibility index (Phi) is 7.11. The summed E-state index contributed by atoms with van der Waals surface area (Å²) >= 11 is 0. The number of hydrogen-bond donors (Lipinski definition) is 1. The van der Waals surface area contributed by atoms with E-state index in [0.717, 1.165) is 5.69 Å². The Morgan fingerprint density at radius 2 is 2.12 bits per heavy atom. The third kappa shape index (κ3) is 5.56. The molecule has 2 heterocycles. The molecule has 0 bridgehead atoms. The Morgan fingerprint density at radius 1 is 1.38 bits per heavy atom. The van der Waals surface area contributed by atoms with Crippen molar-refractivity contribution in [1.29, 1.82) is 0 Å². The molecule has 0 radical (unpaired) electrons. The van der Waals surface area contributed by atoms with Crippen molar-refractivity contribution >= 4 is 11.8 Å². The lowest BCUT2D eigenvalue weighted by Gasteiger charge is -2.31. The number of hydrogen-bond acceptors (Lipinski definition) is 5. The zero-order valence-electron chi connectivity index (χ0n) is 14.4. The van der Waals surface area contributed by atoms with Gasteiger partial charge in [0.15, 0.2) is 0 Å². The van der Waals surface area contributed by atoms with Crippen molar-refractivity contribution in [3.05, 3.63) is 24.3 Å². The molecule has 24 heavy (non-hydrogen) atoms. The van der Waals surface area contributed by atoms with Gasteiger partial charge in [0.2, 0.25) is 11.8 Å². The number of likely N-dealkylation sites (tertiary alicyclic amines) is 1. The van der Waals surface area contributed by atoms with Gasteiger partial charge in [-0.3, -0.25) is 19.6 Å². The van der Waals surface area contributed by atoms with Crippen LogP contribution in [0.15, 0.2) is 18.6 Å². The molecule has 132 valence electrons. The van der Waals surface area contributed by atoms with Crippen molar-refractivity contribution in [3.63, 3.8) is 0 Å². The van der Waals surface area contributed by atoms with Crippen LogP contribution in [0.3, 0.4) is 0 Å². The summed E-state index contributed by atoms with van der Waals surface area (Å²) in [4.78, 5) is 34.3. The number of carbonyl (C=O) groups excluding carboxylic acids is 2. The van der Waals surface area contributed by atoms with E-state index in [9.17, 15) is 9.59 Å². The highest BCUT2D eigenvalue weighted by molar-refractivity contribution is 5.80. The lowest BCUT2D eigenvalue weighted by atomic mass is 9.95. The van der Waals surface area contributed by atoms with E-state index in [1.807, 2.05) is 13.8 Å². The SMILES string of the molecule is CCOCC(=O)N1CCC(C(=O)N[C@@H](C)Cc2cnccn2)CC1. The summed E-state index contributed by atoms with van der Waals surface area (Å²) in [6.07, 6.45) is 7.05. The second kappa shape index (κ2) is 9.32. The predicted molar refractivity (Wildman–Crippen MR) is 89.1 cm³/mol. The molecule has 0 aliphatic carbocycles. The monoisotopic (exact) mass is 334 g/mol. The van der Waals surface area contributed by atoms with Gasteiger partial charge < -0.3 is 15.0 Å². The van der Waals surface area contributed by atoms with Crippen LogP contribution in [0.5, 0.6) is 0 Å². The maximum atomic E-state index is 12.4. The van der Waals surface area contributed by atoms with Crippen LogP contribution in [0.2, 0.25) is 0 Å². The number of piperidine rings is 1. The molecular formula is C17H26N4O3. The summed E-state index contributed by atoms with van der Waals surface area (Å²) in [7, 11) is 0. The van der Waals surface area contributed by atoms with Gasteiger partial charge in [0, 0.05) is 56.7 Å². The van der Waals surface area contributed by atoms with Crippen LogP contribution in [-0.4, -0.2) is 59.0 Å². The fraction of sp³-hybridized carbons (Fsp3) is 0.647. The first-order chi connectivity index (χ1) is 11.6. The average molecular weight is 334 g/mol. The molecule has 7 nitrogen and oxygen atoms in total. The Balaban J connectivity index is 1.73. The van der Waals surface area contributed by atoms with Gasteiger partial charge in [-0.25, -0.2) is 0 Å². The molecule has 1 aliphatic heterocycles. The quantitative estimate of drug-likeness (QED) is 0.797. The minimum atomic E-state index is -0.0366. The van der Waals surface area contributed by atoms with Crippen LogP contribution in [0.4, 0.5) is 0 Å². The van der Waals surface area contributed by atoms with E-state index in [1.54, 1.807) is 23.5 Å². The van der Waals surface area contributed by atoms with Gasteiger partial charge >= 0.3 is 0 Å². The van der Waals surface area contributed by atoms with Crippen LogP contribution < -0.4 is 5.32 Å². The van der Waals surface area contributed by atoms with Gasteiger partial charge in [0.1, 0.15) is 6.61 Å². The van der Waals surface area contributed by atoms with Crippen molar-refractivity contribution in [3.8, 4) is 0 Å². The number of amides is 2. The molecule has 1 fully saturated rings. The topological polar surface area (TPSA) is 84.4 Å². The van der Waals surface area contributed by atoms with Gasteiger partial charge in [0.05, 0.1) is 5.69 Å². The number of nitrogens with zero attached hydrogens (tertiary/aromatic N) is 3. The van der Waals surface area contributed by atoms with Crippen molar-refractivity contribution in [2.75, 3.05) is 26.3 Å². The summed E-state index contributed by atoms with van der Waals surface area (Å²) in [6.45, 7) is 5.72. The predicted octanol–water partition coefficient (Wildman–Crippen LogP) is 0.799. The maximum Gasteiger partial charge on any atom is 0.248 e. The third-order valence-electron chi connectivity index (χ3n) is 4.17. The molecule has 1 atom stereocenters. The average Bonchev–Trinajstić information content (AvgIpc) is 2.60. The second-order valence-electron chi connectivity index (χ2n) is 6.10. The van der Waals surface area contributed by atoms with Crippen molar-refractivity contribution in [2.45, 2.75) is 39.2 Å². The highest BCUT2D eigenvalue weighted by Gasteiger charge is 2.27. The van der Waals surface area contributed by atoms with Crippen molar-refractivity contribution < 1.29 is 14.3 Å². The fourth-order valence-electron chi connectivity index (χ4n) is 2.83. The molecule has 0 spiro atoms. The molecule has 0 unspecified atom stereocenters. The first kappa shape index (κ1) is 18.3. The molecule has 1 aliphatic rings. The number of rotatable bonds is 7. The Morgan fingerprint density at radius 3 is 2.75 bits per heavy atom. The molecule has 1 saturated heterocycles. The lowest BCUT2D eigenvalue weighted by Crippen LogP contribution is -2.46. The van der Waals surface area contributed by atoms with Crippen molar-refractivity contribution in [1.82, 2.24) is 20.2 Å². The van der Waals surface area contributed by atoms with Gasteiger partial charge in [-0.2, -0.15) is 0 Å². The maximum absolute atomic E-state index is 12.4. The molecule has 2 rings (SSSR count). The van der Waals surface area contributed by atoms with Crippen LogP contribution in [0.1, 0.15) is 32.4 Å². The summed E-state index contributed by atoms with van der Waals surface area (Å²) in [5.41, 5.74) is 0.863. The first-order valence-electron chi connectivity index (χ1n) is 8.51. The van der Waals surface area contributed by atoms with Crippen LogP contribution in [0.25, 0.3) is 0 Å². The highest BCUT2D eigenvalue weighted by Crippen LogP contribution is 2.18. The van der Waals surface area contributed by atoms with E-state index in [2.05, 4.69) is 15.3 Å². The lowest BCUT2D eigenvalue weighted by molar-refractivity contribution is -0.139. The van der Waals surface area contributed by atoms with E-state index in [4.69, 9.17) is 4.74 Å². The number of nitrogens with one attached hydrogen (secondary N) is 1. The minimum absolute atomic E-state index is 0.00623. The number of carbonyl (C=O) groups is 2. The Bertz CT molecular complexity index is 530. The third-order valence-corrected chi connectivity index (χ3v) is 4.17. The summed E-state index contributed by atoms with van der Waals surface area (Å²) in [5.74, 6) is 0.0282. The largest absolute Gasteiger partial charge is 0.372 e. The molecule has 0 aromatic carbocycles. The molecule has 1 aromatic heterocycles. The molecule has 7 heteroatoms. The minimum Gasteiger partial charge on any atom is -0.372 e. The normalized spacial score (nSPS) is 16.7. The number of ether oxygens (including phenoxy) is 1. The standard InChI is InChI=1S/C17H26N4O3/c1-3-24-12-16(22)21-8-4-14(5-9-21)17(23)20-13(2)10-15-11-18-6-7-19-15/h6-7,11,13-14H,3-5,8-10,12H2,1-2H3,(H,20,23)/t13-/m0/s1. The summed E-state index contributed by atoms with van der Waals surface area (Å²) in [5, 5.41) is 3.04. The molecular weight excluding hydrogens is 308 g/mol. The molecule has 1 aromatic rings. The second-order valence-corrected chi connectivity index (χ2v) is 6.10. The van der Waals surface area contributed by atoms with Crippen LogP contribution in [0, 0.1) is 5.92 Å². The van der Waals surface area contributed by atoms with Gasteiger partial charge in [-0.15, -0.1) is 0 Å². The summed E-state index contributed by atoms with van der Waals surface area (Å²) in [6, 6.07) is 0.00631. The smallest absolute Gasteiger partial charge is 0.248 e. The molecule has 0 saturated carbocycles. The molecule has 2 amide bonds. The van der Waals surface area contributed by atoms with Gasteiger partial charge in [-0.05, 0) is 26.7 Å². The van der Waals surface area contributed by atoms with Crippen LogP contribution in [-0.2, 0) is 20.7 Å². The highest BCUT2D eigenvalue weighted by atomic mass is 16.5. The van der Waals surface area contributed by atoms with E-state index >= 15 is 0 Å². The van der Waals surface area contributed by atoms with Crippen LogP contribution >= 0.6 is 0 Å². The van der Waals surface area contributed by atoms with Crippen molar-refractivity contribution in [2.24, 2.45) is 5.92 Å². The summed E-state index contributed by atoms with van der Waals surface area (Å²) < 4.78 is 5.15. The first-order valence-corrected chi connectivity index (χ1v) is 8.51. The van der Waals surface area contributed by atoms with E-state index < -0.39 is 0 Å². The zero-order chi connectivity index (χ0) is 17.4. The number of aromatic nitrogens is 2. The Labute approximate surface area is 142 Å². The Hall–Kier alpha value is -2.02. The van der Waals surface area contributed by atoms with Gasteiger partial charge in [0.25, 0.3) is 0 Å². The van der Waals surface area contributed by atoms with Gasteiger partial charge in [-0.1, -0.05) is 0 Å². The van der Waals surface area contributed by atoms with E-state index in [0.29, 0.717) is 39.0 Å².